The number of methoxy groups -OCH3 is 1. The quantitative estimate of drug-likeness (QED) is 0.604. The van der Waals surface area contributed by atoms with Crippen LogP contribution in [0.25, 0.3) is 0 Å². The Balaban J connectivity index is 1.93. The van der Waals surface area contributed by atoms with E-state index in [9.17, 15) is 22.8 Å². The molecule has 2 N–H and O–H groups in total. The van der Waals surface area contributed by atoms with E-state index in [0.29, 0.717) is 11.3 Å². The average Bonchev–Trinajstić information content (AvgIpc) is 2.73. The van der Waals surface area contributed by atoms with Gasteiger partial charge >= 0.3 is 11.9 Å². The molecule has 0 bridgehead atoms. The molecule has 0 heterocycles. The Hall–Kier alpha value is -3.24. The predicted octanol–water partition coefficient (Wildman–Crippen LogP) is 1.63. The molecule has 0 aliphatic rings. The van der Waals surface area contributed by atoms with Crippen LogP contribution in [-0.4, -0.2) is 46.0 Å². The molecule has 0 aromatic heterocycles. The van der Waals surface area contributed by atoms with Gasteiger partial charge < -0.3 is 14.8 Å². The second-order valence-electron chi connectivity index (χ2n) is 6.33. The van der Waals surface area contributed by atoms with Crippen LogP contribution in [0.3, 0.4) is 0 Å². The fraction of sp³-hybridized carbons (Fsp3) is 0.250. The van der Waals surface area contributed by atoms with Gasteiger partial charge in [-0.05, 0) is 43.7 Å². The third-order valence-electron chi connectivity index (χ3n) is 4.02. The molecule has 1 atom stereocenters. The minimum atomic E-state index is -3.91. The highest BCUT2D eigenvalue weighted by atomic mass is 32.2. The van der Waals surface area contributed by atoms with E-state index in [4.69, 9.17) is 4.74 Å². The number of anilines is 1. The molecule has 160 valence electrons. The Labute approximate surface area is 174 Å². The van der Waals surface area contributed by atoms with Gasteiger partial charge in [0.1, 0.15) is 6.04 Å². The number of rotatable bonds is 8. The van der Waals surface area contributed by atoms with E-state index in [1.807, 2.05) is 0 Å². The summed E-state index contributed by atoms with van der Waals surface area (Å²) < 4.78 is 36.2. The van der Waals surface area contributed by atoms with E-state index in [1.54, 1.807) is 37.3 Å². The summed E-state index contributed by atoms with van der Waals surface area (Å²) in [5.41, 5.74) is 1.29. The fourth-order valence-corrected chi connectivity index (χ4v) is 3.61. The van der Waals surface area contributed by atoms with Gasteiger partial charge in [0.25, 0.3) is 5.91 Å². The molecule has 0 aliphatic heterocycles. The molecular formula is C20H22N2O7S. The summed E-state index contributed by atoms with van der Waals surface area (Å²) in [6.45, 7) is 2.41. The van der Waals surface area contributed by atoms with Gasteiger partial charge in [0, 0.05) is 5.69 Å². The summed E-state index contributed by atoms with van der Waals surface area (Å²) >= 11 is 0. The Bertz CT molecular complexity index is 1040. The predicted molar refractivity (Wildman–Crippen MR) is 108 cm³/mol. The number of benzene rings is 2. The molecule has 30 heavy (non-hydrogen) atoms. The van der Waals surface area contributed by atoms with Crippen LogP contribution in [0.15, 0.2) is 53.4 Å². The molecule has 2 rings (SSSR count). The van der Waals surface area contributed by atoms with Crippen LogP contribution in [0.5, 0.6) is 0 Å². The average molecular weight is 434 g/mol. The monoisotopic (exact) mass is 434 g/mol. The van der Waals surface area contributed by atoms with Crippen molar-refractivity contribution in [3.63, 3.8) is 0 Å². The molecule has 0 spiro atoms. The third-order valence-corrected chi connectivity index (χ3v) is 5.57. The highest BCUT2D eigenvalue weighted by Crippen LogP contribution is 2.17. The Morgan fingerprint density at radius 3 is 2.37 bits per heavy atom. The summed E-state index contributed by atoms with van der Waals surface area (Å²) in [5.74, 6) is -2.12. The van der Waals surface area contributed by atoms with Gasteiger partial charge in [-0.1, -0.05) is 24.3 Å². The van der Waals surface area contributed by atoms with E-state index >= 15 is 0 Å². The lowest BCUT2D eigenvalue weighted by atomic mass is 10.1. The molecule has 0 radical (unpaired) electrons. The van der Waals surface area contributed by atoms with Gasteiger partial charge in [-0.2, -0.15) is 4.72 Å². The smallest absolute Gasteiger partial charge is 0.337 e. The summed E-state index contributed by atoms with van der Waals surface area (Å²) in [7, 11) is -2.66. The first-order chi connectivity index (χ1) is 14.1. The highest BCUT2D eigenvalue weighted by Gasteiger charge is 2.23. The van der Waals surface area contributed by atoms with Crippen molar-refractivity contribution in [3.8, 4) is 0 Å². The van der Waals surface area contributed by atoms with E-state index in [1.165, 1.54) is 32.2 Å². The zero-order valence-corrected chi connectivity index (χ0v) is 17.5. The van der Waals surface area contributed by atoms with Crippen molar-refractivity contribution in [1.29, 1.82) is 0 Å². The summed E-state index contributed by atoms with van der Waals surface area (Å²) in [6, 6.07) is 11.0. The normalized spacial score (nSPS) is 12.0. The third kappa shape index (κ3) is 6.13. The van der Waals surface area contributed by atoms with Gasteiger partial charge in [0.15, 0.2) is 6.61 Å². The zero-order chi connectivity index (χ0) is 22.3. The second kappa shape index (κ2) is 9.99. The lowest BCUT2D eigenvalue weighted by molar-refractivity contribution is -0.148. The number of sulfonamides is 1. The maximum atomic E-state index is 12.2. The first-order valence-corrected chi connectivity index (χ1v) is 10.3. The van der Waals surface area contributed by atoms with E-state index in [2.05, 4.69) is 14.8 Å². The first-order valence-electron chi connectivity index (χ1n) is 8.87. The molecule has 0 fully saturated rings. The number of hydrogen-bond acceptors (Lipinski definition) is 7. The molecule has 10 heteroatoms. The van der Waals surface area contributed by atoms with Crippen molar-refractivity contribution in [2.75, 3.05) is 19.0 Å². The van der Waals surface area contributed by atoms with Gasteiger partial charge in [0.05, 0.1) is 17.6 Å². The molecular weight excluding hydrogens is 412 g/mol. The summed E-state index contributed by atoms with van der Waals surface area (Å²) in [5, 5.41) is 2.54. The van der Waals surface area contributed by atoms with Crippen LogP contribution in [0, 0.1) is 6.92 Å². The number of carbonyl (C=O) groups is 3. The van der Waals surface area contributed by atoms with Crippen LogP contribution in [0.4, 0.5) is 5.69 Å². The minimum Gasteiger partial charge on any atom is -0.465 e. The number of aryl methyl sites for hydroxylation is 1. The SMILES string of the molecule is COC(=O)c1ccc(C)c(NC(=O)COC(=O)C(C)NS(=O)(=O)c2ccccc2)c1. The highest BCUT2D eigenvalue weighted by molar-refractivity contribution is 7.89. The molecule has 1 unspecified atom stereocenters. The zero-order valence-electron chi connectivity index (χ0n) is 16.7. The van der Waals surface area contributed by atoms with Crippen molar-refractivity contribution < 1.29 is 32.3 Å². The lowest BCUT2D eigenvalue weighted by Crippen LogP contribution is -2.40. The standard InChI is InChI=1S/C20H22N2O7S/c1-13-9-10-15(20(25)28-3)11-17(13)21-18(23)12-29-19(24)14(2)22-30(26,27)16-7-5-4-6-8-16/h4-11,14,22H,12H2,1-3H3,(H,21,23). The number of esters is 2. The Morgan fingerprint density at radius 1 is 1.07 bits per heavy atom. The molecule has 2 aromatic carbocycles. The van der Waals surface area contributed by atoms with E-state index < -0.39 is 40.5 Å². The molecule has 0 saturated carbocycles. The largest absolute Gasteiger partial charge is 0.465 e. The molecule has 2 aromatic rings. The van der Waals surface area contributed by atoms with Crippen LogP contribution < -0.4 is 10.0 Å². The number of amides is 1. The topological polar surface area (TPSA) is 128 Å². The molecule has 1 amide bonds. The van der Waals surface area contributed by atoms with Crippen LogP contribution >= 0.6 is 0 Å². The van der Waals surface area contributed by atoms with Gasteiger partial charge in [-0.3, -0.25) is 9.59 Å². The lowest BCUT2D eigenvalue weighted by Gasteiger charge is -2.14. The van der Waals surface area contributed by atoms with Crippen molar-refractivity contribution in [3.05, 3.63) is 59.7 Å². The number of hydrogen-bond donors (Lipinski definition) is 2. The summed E-state index contributed by atoms with van der Waals surface area (Å²) in [6.07, 6.45) is 0. The maximum absolute atomic E-state index is 12.2. The second-order valence-corrected chi connectivity index (χ2v) is 8.05. The van der Waals surface area contributed by atoms with Gasteiger partial charge in [-0.25, -0.2) is 13.2 Å². The van der Waals surface area contributed by atoms with Crippen molar-refractivity contribution in [1.82, 2.24) is 4.72 Å². The molecule has 0 aliphatic carbocycles. The minimum absolute atomic E-state index is 0.00311. The van der Waals surface area contributed by atoms with Crippen LogP contribution in [-0.2, 0) is 29.1 Å². The Morgan fingerprint density at radius 2 is 1.73 bits per heavy atom. The molecule has 9 nitrogen and oxygen atoms in total. The van der Waals surface area contributed by atoms with Crippen molar-refractivity contribution >= 4 is 33.6 Å². The van der Waals surface area contributed by atoms with E-state index in [0.717, 1.165) is 0 Å². The number of carbonyl (C=O) groups excluding carboxylic acids is 3. The van der Waals surface area contributed by atoms with Gasteiger partial charge in [0.2, 0.25) is 10.0 Å². The first kappa shape index (κ1) is 23.0. The fourth-order valence-electron chi connectivity index (χ4n) is 2.40. The van der Waals surface area contributed by atoms with Crippen LogP contribution in [0.2, 0.25) is 0 Å². The Kier molecular flexibility index (Phi) is 7.67. The number of ether oxygens (including phenoxy) is 2. The van der Waals surface area contributed by atoms with Crippen LogP contribution in [0.1, 0.15) is 22.8 Å². The maximum Gasteiger partial charge on any atom is 0.337 e. The number of nitrogens with one attached hydrogen (secondary N) is 2. The van der Waals surface area contributed by atoms with E-state index in [-0.39, 0.29) is 10.5 Å². The van der Waals surface area contributed by atoms with Crippen molar-refractivity contribution in [2.24, 2.45) is 0 Å². The van der Waals surface area contributed by atoms with Crippen molar-refractivity contribution in [2.45, 2.75) is 24.8 Å². The summed E-state index contributed by atoms with van der Waals surface area (Å²) in [4.78, 5) is 35.8. The molecule has 0 saturated heterocycles. The van der Waals surface area contributed by atoms with Gasteiger partial charge in [-0.15, -0.1) is 0 Å².